The number of likely N-dealkylation sites (N-methyl/N-ethyl adjacent to an activating group) is 1. The number of hydrogen-bond acceptors (Lipinski definition) is 1. The second kappa shape index (κ2) is 3.16. The summed E-state index contributed by atoms with van der Waals surface area (Å²) in [4.78, 5) is 2.24. The van der Waals surface area contributed by atoms with E-state index in [0.29, 0.717) is 0 Å². The van der Waals surface area contributed by atoms with Gasteiger partial charge in [0.15, 0.2) is 0 Å². The summed E-state index contributed by atoms with van der Waals surface area (Å²) in [6.07, 6.45) is 1.15. The first-order valence-corrected chi connectivity index (χ1v) is 5.10. The molecule has 1 aromatic rings. The van der Waals surface area contributed by atoms with Gasteiger partial charge in [-0.05, 0) is 37.5 Å². The van der Waals surface area contributed by atoms with Crippen LogP contribution < -0.4 is 0 Å². The van der Waals surface area contributed by atoms with E-state index in [1.807, 2.05) is 0 Å². The summed E-state index contributed by atoms with van der Waals surface area (Å²) < 4.78 is 0. The third kappa shape index (κ3) is 1.33. The molecule has 0 amide bonds. The lowest BCUT2D eigenvalue weighted by Crippen LogP contribution is -2.25. The molecule has 1 nitrogen and oxygen atoms in total. The maximum absolute atomic E-state index is 4.14. The Morgan fingerprint density at radius 1 is 1.29 bits per heavy atom. The van der Waals surface area contributed by atoms with Gasteiger partial charge in [0.05, 0.1) is 0 Å². The highest BCUT2D eigenvalue weighted by molar-refractivity contribution is 5.68. The summed E-state index contributed by atoms with van der Waals surface area (Å²) in [6, 6.07) is 4.51. The minimum absolute atomic E-state index is 1.09. The average Bonchev–Trinajstić information content (AvgIpc) is 2.12. The van der Waals surface area contributed by atoms with Gasteiger partial charge in [0, 0.05) is 24.9 Å². The molecule has 1 heteroatoms. The fraction of sp³-hybridized carbons (Fsp3) is 0.385. The normalized spacial score (nSPS) is 15.6. The van der Waals surface area contributed by atoms with Gasteiger partial charge in [-0.2, -0.15) is 0 Å². The summed E-state index contributed by atoms with van der Waals surface area (Å²) in [5, 5.41) is 0. The van der Waals surface area contributed by atoms with Crippen molar-refractivity contribution in [3.63, 3.8) is 0 Å². The molecule has 0 N–H and O–H groups in total. The van der Waals surface area contributed by atoms with E-state index in [9.17, 15) is 0 Å². The summed E-state index contributed by atoms with van der Waals surface area (Å²) >= 11 is 0. The molecule has 14 heavy (non-hydrogen) atoms. The molecule has 0 atom stereocenters. The molecule has 0 spiro atoms. The van der Waals surface area contributed by atoms with Crippen LogP contribution in [0.4, 0.5) is 0 Å². The van der Waals surface area contributed by atoms with Crippen LogP contribution >= 0.6 is 0 Å². The van der Waals surface area contributed by atoms with Crippen molar-refractivity contribution < 1.29 is 0 Å². The van der Waals surface area contributed by atoms with Gasteiger partial charge >= 0.3 is 0 Å². The first kappa shape index (κ1) is 9.32. The smallest absolute Gasteiger partial charge is 0.0367 e. The lowest BCUT2D eigenvalue weighted by Gasteiger charge is -2.30. The van der Waals surface area contributed by atoms with E-state index >= 15 is 0 Å². The largest absolute Gasteiger partial charge is 0.374 e. The molecule has 1 aliphatic rings. The molecule has 0 aliphatic carbocycles. The standard InChI is InChI=1S/C13H17N/c1-9-7-10(2)12-5-6-14(4)11(3)13(12)8-9/h7-8H,3,5-6H2,1-2,4H3. The number of rotatable bonds is 0. The zero-order valence-corrected chi connectivity index (χ0v) is 9.22. The molecule has 0 bridgehead atoms. The van der Waals surface area contributed by atoms with E-state index in [1.54, 1.807) is 0 Å². The molecule has 74 valence electrons. The number of hydrogen-bond donors (Lipinski definition) is 0. The molecular weight excluding hydrogens is 170 g/mol. The summed E-state index contributed by atoms with van der Waals surface area (Å²) in [5.41, 5.74) is 6.74. The van der Waals surface area contributed by atoms with Crippen molar-refractivity contribution in [2.75, 3.05) is 13.6 Å². The van der Waals surface area contributed by atoms with Crippen LogP contribution in [0.3, 0.4) is 0 Å². The van der Waals surface area contributed by atoms with Crippen molar-refractivity contribution in [3.8, 4) is 0 Å². The Labute approximate surface area is 86.1 Å². The van der Waals surface area contributed by atoms with Crippen molar-refractivity contribution in [3.05, 3.63) is 41.0 Å². The van der Waals surface area contributed by atoms with E-state index in [1.165, 1.54) is 22.3 Å². The topological polar surface area (TPSA) is 3.24 Å². The molecule has 0 saturated heterocycles. The molecule has 0 radical (unpaired) electrons. The van der Waals surface area contributed by atoms with Gasteiger partial charge < -0.3 is 4.90 Å². The van der Waals surface area contributed by atoms with Gasteiger partial charge in [-0.25, -0.2) is 0 Å². The van der Waals surface area contributed by atoms with Crippen LogP contribution in [-0.2, 0) is 6.42 Å². The highest BCUT2D eigenvalue weighted by Gasteiger charge is 2.17. The highest BCUT2D eigenvalue weighted by Crippen LogP contribution is 2.29. The highest BCUT2D eigenvalue weighted by atomic mass is 15.1. The van der Waals surface area contributed by atoms with E-state index in [2.05, 4.69) is 44.5 Å². The number of nitrogens with zero attached hydrogens (tertiary/aromatic N) is 1. The zero-order chi connectivity index (χ0) is 10.3. The minimum atomic E-state index is 1.09. The van der Waals surface area contributed by atoms with Crippen LogP contribution in [0, 0.1) is 13.8 Å². The molecule has 1 aromatic carbocycles. The van der Waals surface area contributed by atoms with E-state index in [4.69, 9.17) is 0 Å². The average molecular weight is 187 g/mol. The monoisotopic (exact) mass is 187 g/mol. The van der Waals surface area contributed by atoms with Crippen molar-refractivity contribution in [1.29, 1.82) is 0 Å². The number of fused-ring (bicyclic) bond motifs is 1. The quantitative estimate of drug-likeness (QED) is 0.603. The Hall–Kier alpha value is -1.24. The maximum atomic E-state index is 4.14. The van der Waals surface area contributed by atoms with Gasteiger partial charge in [-0.15, -0.1) is 0 Å². The molecule has 0 unspecified atom stereocenters. The van der Waals surface area contributed by atoms with Crippen LogP contribution in [-0.4, -0.2) is 18.5 Å². The Kier molecular flexibility index (Phi) is 2.10. The molecule has 1 heterocycles. The Morgan fingerprint density at radius 2 is 2.00 bits per heavy atom. The molecule has 2 rings (SSSR count). The minimum Gasteiger partial charge on any atom is -0.374 e. The molecule has 0 saturated carbocycles. The lowest BCUT2D eigenvalue weighted by molar-refractivity contribution is 0.469. The Morgan fingerprint density at radius 3 is 2.71 bits per heavy atom. The Balaban J connectivity index is 2.60. The maximum Gasteiger partial charge on any atom is 0.0367 e. The van der Waals surface area contributed by atoms with Crippen molar-refractivity contribution >= 4 is 5.70 Å². The summed E-state index contributed by atoms with van der Waals surface area (Å²) in [6.45, 7) is 9.58. The molecular formula is C13H17N. The van der Waals surface area contributed by atoms with Gasteiger partial charge in [-0.3, -0.25) is 0 Å². The summed E-state index contributed by atoms with van der Waals surface area (Å²) in [7, 11) is 2.11. The van der Waals surface area contributed by atoms with Crippen molar-refractivity contribution in [1.82, 2.24) is 4.90 Å². The third-order valence-electron chi connectivity index (χ3n) is 3.09. The van der Waals surface area contributed by atoms with E-state index < -0.39 is 0 Å². The van der Waals surface area contributed by atoms with Crippen LogP contribution in [0.1, 0.15) is 22.3 Å². The fourth-order valence-corrected chi connectivity index (χ4v) is 2.21. The van der Waals surface area contributed by atoms with Gasteiger partial charge in [0.2, 0.25) is 0 Å². The zero-order valence-electron chi connectivity index (χ0n) is 9.22. The van der Waals surface area contributed by atoms with Gasteiger partial charge in [0.1, 0.15) is 0 Å². The number of aryl methyl sites for hydroxylation is 2. The van der Waals surface area contributed by atoms with Crippen molar-refractivity contribution in [2.24, 2.45) is 0 Å². The fourth-order valence-electron chi connectivity index (χ4n) is 2.21. The SMILES string of the molecule is C=C1c2cc(C)cc(C)c2CCN1C. The number of benzene rings is 1. The van der Waals surface area contributed by atoms with Crippen LogP contribution in [0.5, 0.6) is 0 Å². The van der Waals surface area contributed by atoms with Crippen LogP contribution in [0.15, 0.2) is 18.7 Å². The summed E-state index contributed by atoms with van der Waals surface area (Å²) in [5.74, 6) is 0. The van der Waals surface area contributed by atoms with Crippen molar-refractivity contribution in [2.45, 2.75) is 20.3 Å². The molecule has 1 aliphatic heterocycles. The predicted molar refractivity (Wildman–Crippen MR) is 61.3 cm³/mol. The van der Waals surface area contributed by atoms with Gasteiger partial charge in [-0.1, -0.05) is 18.2 Å². The first-order chi connectivity index (χ1) is 6.59. The first-order valence-electron chi connectivity index (χ1n) is 5.10. The lowest BCUT2D eigenvalue weighted by atomic mass is 9.91. The van der Waals surface area contributed by atoms with E-state index in [0.717, 1.165) is 18.7 Å². The van der Waals surface area contributed by atoms with Crippen LogP contribution in [0.25, 0.3) is 5.70 Å². The molecule has 0 aromatic heterocycles. The van der Waals surface area contributed by atoms with Crippen LogP contribution in [0.2, 0.25) is 0 Å². The second-order valence-electron chi connectivity index (χ2n) is 4.23. The second-order valence-corrected chi connectivity index (χ2v) is 4.23. The predicted octanol–water partition coefficient (Wildman–Crippen LogP) is 2.76. The van der Waals surface area contributed by atoms with Gasteiger partial charge in [0.25, 0.3) is 0 Å². The Bertz CT molecular complexity index is 390. The third-order valence-corrected chi connectivity index (χ3v) is 3.09. The molecule has 0 fully saturated rings. The van der Waals surface area contributed by atoms with E-state index in [-0.39, 0.29) is 0 Å².